The SMILES string of the molecule is CCOC(=O)C1=C(C)NC2=CC(c3ccc(Cl)cc3)CC(=O)C2C1c1ccc(C)cc1. The Morgan fingerprint density at radius 1 is 1.03 bits per heavy atom. The molecule has 0 fully saturated rings. The molecular formula is C26H26ClNO3. The highest BCUT2D eigenvalue weighted by molar-refractivity contribution is 6.30. The second-order valence-corrected chi connectivity index (χ2v) is 8.64. The normalized spacial score (nSPS) is 23.0. The molecule has 1 N–H and O–H groups in total. The number of halogens is 1. The van der Waals surface area contributed by atoms with E-state index in [0.717, 1.165) is 28.1 Å². The van der Waals surface area contributed by atoms with Gasteiger partial charge in [-0.3, -0.25) is 4.79 Å². The maximum Gasteiger partial charge on any atom is 0.336 e. The lowest BCUT2D eigenvalue weighted by molar-refractivity contribution is -0.139. The van der Waals surface area contributed by atoms with Crippen LogP contribution in [-0.4, -0.2) is 18.4 Å². The molecule has 5 heteroatoms. The zero-order valence-electron chi connectivity index (χ0n) is 17.9. The van der Waals surface area contributed by atoms with Crippen LogP contribution in [0.25, 0.3) is 0 Å². The van der Waals surface area contributed by atoms with Crippen molar-refractivity contribution in [1.82, 2.24) is 5.32 Å². The standard InChI is InChI=1S/C26H26ClNO3/c1-4-31-26(30)23-16(3)28-21-13-19(17-9-11-20(27)12-10-17)14-22(29)25(21)24(23)18-7-5-15(2)6-8-18/h5-13,19,24-25,28H,4,14H2,1-3H3. The van der Waals surface area contributed by atoms with E-state index in [1.165, 1.54) is 0 Å². The van der Waals surface area contributed by atoms with Gasteiger partial charge in [0.05, 0.1) is 18.1 Å². The van der Waals surface area contributed by atoms with Gasteiger partial charge in [-0.05, 0) is 44.0 Å². The summed E-state index contributed by atoms with van der Waals surface area (Å²) in [6.07, 6.45) is 2.51. The van der Waals surface area contributed by atoms with Crippen molar-refractivity contribution in [2.75, 3.05) is 6.61 Å². The number of hydrogen-bond acceptors (Lipinski definition) is 4. The Kier molecular flexibility index (Phi) is 6.01. The molecule has 4 nitrogen and oxygen atoms in total. The number of ketones is 1. The molecule has 0 spiro atoms. The molecule has 0 radical (unpaired) electrons. The van der Waals surface area contributed by atoms with Gasteiger partial charge in [-0.25, -0.2) is 4.79 Å². The second-order valence-electron chi connectivity index (χ2n) is 8.20. The monoisotopic (exact) mass is 435 g/mol. The molecule has 1 heterocycles. The number of benzene rings is 2. The quantitative estimate of drug-likeness (QED) is 0.650. The van der Waals surface area contributed by atoms with Crippen molar-refractivity contribution in [3.8, 4) is 0 Å². The topological polar surface area (TPSA) is 55.4 Å². The number of carbonyl (C=O) groups excluding carboxylic acids is 2. The average molecular weight is 436 g/mol. The largest absolute Gasteiger partial charge is 0.463 e. The fourth-order valence-electron chi connectivity index (χ4n) is 4.61. The molecule has 2 aromatic rings. The summed E-state index contributed by atoms with van der Waals surface area (Å²) < 4.78 is 5.36. The van der Waals surface area contributed by atoms with Crippen molar-refractivity contribution in [2.24, 2.45) is 5.92 Å². The van der Waals surface area contributed by atoms with Gasteiger partial charge in [0.15, 0.2) is 0 Å². The Hall–Kier alpha value is -2.85. The van der Waals surface area contributed by atoms with Crippen molar-refractivity contribution in [3.05, 3.63) is 93.3 Å². The molecule has 2 aliphatic rings. The van der Waals surface area contributed by atoms with Crippen LogP contribution in [0, 0.1) is 12.8 Å². The zero-order chi connectivity index (χ0) is 22.1. The van der Waals surface area contributed by atoms with Crippen LogP contribution in [0.1, 0.15) is 48.8 Å². The molecule has 4 rings (SSSR count). The van der Waals surface area contributed by atoms with E-state index in [1.807, 2.05) is 62.4 Å². The Labute approximate surface area is 187 Å². The molecular weight excluding hydrogens is 410 g/mol. The molecule has 0 aromatic heterocycles. The summed E-state index contributed by atoms with van der Waals surface area (Å²) >= 11 is 6.03. The first-order valence-electron chi connectivity index (χ1n) is 10.6. The van der Waals surface area contributed by atoms with Crippen molar-refractivity contribution >= 4 is 23.4 Å². The molecule has 31 heavy (non-hydrogen) atoms. The number of ether oxygens (including phenoxy) is 1. The average Bonchev–Trinajstić information content (AvgIpc) is 2.74. The van der Waals surface area contributed by atoms with Gasteiger partial charge in [0, 0.05) is 34.7 Å². The first-order chi connectivity index (χ1) is 14.9. The van der Waals surface area contributed by atoms with Gasteiger partial charge in [-0.1, -0.05) is 59.6 Å². The summed E-state index contributed by atoms with van der Waals surface area (Å²) in [5, 5.41) is 4.02. The van der Waals surface area contributed by atoms with Gasteiger partial charge in [0.1, 0.15) is 5.78 Å². The van der Waals surface area contributed by atoms with E-state index in [-0.39, 0.29) is 30.2 Å². The zero-order valence-corrected chi connectivity index (χ0v) is 18.7. The lowest BCUT2D eigenvalue weighted by Crippen LogP contribution is -2.41. The van der Waals surface area contributed by atoms with Gasteiger partial charge in [-0.2, -0.15) is 0 Å². The summed E-state index contributed by atoms with van der Waals surface area (Å²) in [5.74, 6) is -1.09. The number of fused-ring (bicyclic) bond motifs is 1. The van der Waals surface area contributed by atoms with Crippen molar-refractivity contribution < 1.29 is 14.3 Å². The van der Waals surface area contributed by atoms with Crippen LogP contribution in [0.2, 0.25) is 5.02 Å². The van der Waals surface area contributed by atoms with E-state index < -0.39 is 5.92 Å². The van der Waals surface area contributed by atoms with Gasteiger partial charge in [0.2, 0.25) is 0 Å². The lowest BCUT2D eigenvalue weighted by Gasteiger charge is -2.39. The molecule has 160 valence electrons. The van der Waals surface area contributed by atoms with E-state index in [1.54, 1.807) is 6.92 Å². The van der Waals surface area contributed by atoms with E-state index in [4.69, 9.17) is 16.3 Å². The van der Waals surface area contributed by atoms with Crippen molar-refractivity contribution in [2.45, 2.75) is 39.0 Å². The number of Topliss-reactive ketones (excluding diaryl/α,β-unsaturated/α-hetero) is 1. The third-order valence-electron chi connectivity index (χ3n) is 6.09. The predicted octanol–water partition coefficient (Wildman–Crippen LogP) is 5.43. The maximum absolute atomic E-state index is 13.5. The Balaban J connectivity index is 1.81. The van der Waals surface area contributed by atoms with Crippen LogP contribution in [0.3, 0.4) is 0 Å². The lowest BCUT2D eigenvalue weighted by atomic mass is 9.68. The van der Waals surface area contributed by atoms with E-state index in [2.05, 4.69) is 11.4 Å². The summed E-state index contributed by atoms with van der Waals surface area (Å²) in [4.78, 5) is 26.4. The smallest absolute Gasteiger partial charge is 0.336 e. The highest BCUT2D eigenvalue weighted by Crippen LogP contribution is 2.46. The molecule has 1 aliphatic carbocycles. The minimum absolute atomic E-state index is 0.0286. The molecule has 3 atom stereocenters. The summed E-state index contributed by atoms with van der Waals surface area (Å²) in [6.45, 7) is 5.98. The minimum Gasteiger partial charge on any atom is -0.463 e. The first-order valence-corrected chi connectivity index (χ1v) is 11.0. The molecule has 0 saturated carbocycles. The molecule has 1 aliphatic heterocycles. The summed E-state index contributed by atoms with van der Waals surface area (Å²) in [6, 6.07) is 15.7. The van der Waals surface area contributed by atoms with Gasteiger partial charge >= 0.3 is 5.97 Å². The number of carbonyl (C=O) groups is 2. The highest BCUT2D eigenvalue weighted by Gasteiger charge is 2.44. The van der Waals surface area contributed by atoms with Crippen LogP contribution >= 0.6 is 11.6 Å². The van der Waals surface area contributed by atoms with Crippen LogP contribution in [-0.2, 0) is 14.3 Å². The first kappa shape index (κ1) is 21.4. The van der Waals surface area contributed by atoms with Crippen LogP contribution < -0.4 is 5.32 Å². The number of hydrogen-bond donors (Lipinski definition) is 1. The van der Waals surface area contributed by atoms with E-state index in [9.17, 15) is 9.59 Å². The molecule has 3 unspecified atom stereocenters. The second kappa shape index (κ2) is 8.72. The Morgan fingerprint density at radius 2 is 1.68 bits per heavy atom. The fourth-order valence-corrected chi connectivity index (χ4v) is 4.74. The predicted molar refractivity (Wildman–Crippen MR) is 122 cm³/mol. The van der Waals surface area contributed by atoms with Crippen LogP contribution in [0.4, 0.5) is 0 Å². The fraction of sp³-hybridized carbons (Fsp3) is 0.308. The van der Waals surface area contributed by atoms with Crippen LogP contribution in [0.5, 0.6) is 0 Å². The number of nitrogens with one attached hydrogen (secondary N) is 1. The number of rotatable bonds is 4. The van der Waals surface area contributed by atoms with Crippen LogP contribution in [0.15, 0.2) is 71.6 Å². The third kappa shape index (κ3) is 4.17. The van der Waals surface area contributed by atoms with Crippen molar-refractivity contribution in [3.63, 3.8) is 0 Å². The molecule has 2 aromatic carbocycles. The number of aryl methyl sites for hydroxylation is 1. The third-order valence-corrected chi connectivity index (χ3v) is 6.35. The summed E-state index contributed by atoms with van der Waals surface area (Å²) in [7, 11) is 0. The van der Waals surface area contributed by atoms with Crippen molar-refractivity contribution in [1.29, 1.82) is 0 Å². The number of allylic oxidation sites excluding steroid dienone is 3. The Morgan fingerprint density at radius 3 is 2.32 bits per heavy atom. The molecule has 0 amide bonds. The highest BCUT2D eigenvalue weighted by atomic mass is 35.5. The molecule has 0 bridgehead atoms. The van der Waals surface area contributed by atoms with Gasteiger partial charge in [-0.15, -0.1) is 0 Å². The number of esters is 1. The van der Waals surface area contributed by atoms with E-state index >= 15 is 0 Å². The van der Waals surface area contributed by atoms with Gasteiger partial charge < -0.3 is 10.1 Å². The molecule has 0 saturated heterocycles. The Bertz CT molecular complexity index is 1070. The van der Waals surface area contributed by atoms with E-state index in [0.29, 0.717) is 17.0 Å². The maximum atomic E-state index is 13.5. The summed E-state index contributed by atoms with van der Waals surface area (Å²) in [5.41, 5.74) is 5.25. The minimum atomic E-state index is -0.436. The van der Waals surface area contributed by atoms with Gasteiger partial charge in [0.25, 0.3) is 0 Å².